The number of anilines is 1. The van der Waals surface area contributed by atoms with Gasteiger partial charge in [-0.15, -0.1) is 0 Å². The number of halogens is 3. The number of nitrogens with zero attached hydrogens (tertiary/aromatic N) is 1. The lowest BCUT2D eigenvalue weighted by atomic mass is 10.0. The maximum atomic E-state index is 12.0. The van der Waals surface area contributed by atoms with E-state index < -0.39 is 0 Å². The number of nitrogens with one attached hydrogen (secondary N) is 2. The Kier molecular flexibility index (Phi) is 8.92. The zero-order valence-corrected chi connectivity index (χ0v) is 20.7. The van der Waals surface area contributed by atoms with Gasteiger partial charge in [0.15, 0.2) is 0 Å². The topological polar surface area (TPSA) is 53.5 Å². The smallest absolute Gasteiger partial charge is 0.259 e. The fourth-order valence-electron chi connectivity index (χ4n) is 2.36. The standard InChI is InChI=1S/C21H22Br3N3O/c1-13(2)16-6-4-15(5-7-16)8-14(3)11-26-27-21(28)12-25-20-10-18(23)17(22)9-19(20)24/h4-11,13,25H,12H2,1-3H3,(H,27,28). The fraction of sp³-hybridized carbons (Fsp3) is 0.238. The van der Waals surface area contributed by atoms with Crippen LogP contribution in [0.3, 0.4) is 0 Å². The highest BCUT2D eigenvalue weighted by Gasteiger charge is 2.06. The Hall–Kier alpha value is -1.44. The highest BCUT2D eigenvalue weighted by atomic mass is 79.9. The lowest BCUT2D eigenvalue weighted by Crippen LogP contribution is -2.26. The molecule has 0 heterocycles. The Balaban J connectivity index is 1.86. The molecule has 0 aromatic heterocycles. The zero-order chi connectivity index (χ0) is 20.7. The minimum Gasteiger partial charge on any atom is -0.375 e. The molecule has 0 bridgehead atoms. The van der Waals surface area contributed by atoms with E-state index in [2.05, 4.69) is 102 Å². The molecule has 148 valence electrons. The van der Waals surface area contributed by atoms with Crippen LogP contribution in [-0.4, -0.2) is 18.7 Å². The van der Waals surface area contributed by atoms with E-state index in [1.54, 1.807) is 6.21 Å². The fourth-order valence-corrected chi connectivity index (χ4v) is 3.83. The van der Waals surface area contributed by atoms with E-state index in [1.165, 1.54) is 5.56 Å². The highest BCUT2D eigenvalue weighted by molar-refractivity contribution is 9.13. The molecule has 4 nitrogen and oxygen atoms in total. The maximum Gasteiger partial charge on any atom is 0.259 e. The summed E-state index contributed by atoms with van der Waals surface area (Å²) in [7, 11) is 0. The SMILES string of the molecule is CC(C=NNC(=O)CNc1cc(Br)c(Br)cc1Br)=Cc1ccc(C(C)C)cc1. The molecule has 0 aliphatic rings. The van der Waals surface area contributed by atoms with Crippen molar-refractivity contribution in [1.29, 1.82) is 0 Å². The van der Waals surface area contributed by atoms with Crippen molar-refractivity contribution in [2.75, 3.05) is 11.9 Å². The molecule has 2 rings (SSSR count). The average molecular weight is 572 g/mol. The van der Waals surface area contributed by atoms with E-state index in [0.717, 1.165) is 30.2 Å². The van der Waals surface area contributed by atoms with Gasteiger partial charge in [-0.1, -0.05) is 44.2 Å². The summed E-state index contributed by atoms with van der Waals surface area (Å²) in [5, 5.41) is 7.09. The Morgan fingerprint density at radius 3 is 2.36 bits per heavy atom. The van der Waals surface area contributed by atoms with E-state index in [-0.39, 0.29) is 12.5 Å². The lowest BCUT2D eigenvalue weighted by molar-refractivity contribution is -0.119. The van der Waals surface area contributed by atoms with E-state index in [4.69, 9.17) is 0 Å². The van der Waals surface area contributed by atoms with E-state index in [1.807, 2.05) is 25.1 Å². The first-order valence-corrected chi connectivity index (χ1v) is 11.1. The van der Waals surface area contributed by atoms with Crippen molar-refractivity contribution in [3.05, 3.63) is 66.5 Å². The molecule has 0 saturated heterocycles. The first-order chi connectivity index (χ1) is 13.3. The van der Waals surface area contributed by atoms with Crippen LogP contribution in [0.2, 0.25) is 0 Å². The van der Waals surface area contributed by atoms with Gasteiger partial charge in [-0.2, -0.15) is 5.10 Å². The number of hydrogen-bond acceptors (Lipinski definition) is 3. The molecule has 0 aliphatic carbocycles. The molecule has 2 N–H and O–H groups in total. The summed E-state index contributed by atoms with van der Waals surface area (Å²) in [4.78, 5) is 12.0. The third kappa shape index (κ3) is 7.18. The molecular formula is C21H22Br3N3O. The van der Waals surface area contributed by atoms with Crippen LogP contribution < -0.4 is 10.7 Å². The molecule has 0 saturated carbocycles. The first kappa shape index (κ1) is 22.8. The maximum absolute atomic E-state index is 12.0. The van der Waals surface area contributed by atoms with Crippen molar-refractivity contribution in [3.63, 3.8) is 0 Å². The van der Waals surface area contributed by atoms with Gasteiger partial charge in [-0.25, -0.2) is 5.43 Å². The van der Waals surface area contributed by atoms with E-state index >= 15 is 0 Å². The number of allylic oxidation sites excluding steroid dienone is 1. The van der Waals surface area contributed by atoms with Gasteiger partial charge in [-0.05, 0) is 89.5 Å². The van der Waals surface area contributed by atoms with Crippen LogP contribution in [0.4, 0.5) is 5.69 Å². The quantitative estimate of drug-likeness (QED) is 0.220. The number of amides is 1. The van der Waals surface area contributed by atoms with Crippen LogP contribution in [-0.2, 0) is 4.79 Å². The molecule has 0 atom stereocenters. The second-order valence-electron chi connectivity index (χ2n) is 6.60. The predicted octanol–water partition coefficient (Wildman–Crippen LogP) is 6.71. The Morgan fingerprint density at radius 1 is 1.07 bits per heavy atom. The van der Waals surface area contributed by atoms with Gasteiger partial charge in [0.05, 0.1) is 18.4 Å². The van der Waals surface area contributed by atoms with E-state index in [9.17, 15) is 4.79 Å². The number of carbonyl (C=O) groups excluding carboxylic acids is 1. The predicted molar refractivity (Wildman–Crippen MR) is 129 cm³/mol. The Bertz CT molecular complexity index is 891. The molecule has 0 unspecified atom stereocenters. The van der Waals surface area contributed by atoms with Crippen molar-refractivity contribution >= 4 is 71.7 Å². The van der Waals surface area contributed by atoms with Crippen LogP contribution in [0.15, 0.2) is 60.5 Å². The third-order valence-corrected chi connectivity index (χ3v) is 6.40. The van der Waals surface area contributed by atoms with Crippen molar-refractivity contribution in [2.45, 2.75) is 26.7 Å². The van der Waals surface area contributed by atoms with Gasteiger partial charge >= 0.3 is 0 Å². The monoisotopic (exact) mass is 569 g/mol. The van der Waals surface area contributed by atoms with Gasteiger partial charge in [-0.3, -0.25) is 4.79 Å². The number of benzene rings is 2. The zero-order valence-electron chi connectivity index (χ0n) is 15.9. The summed E-state index contributed by atoms with van der Waals surface area (Å²) in [6.07, 6.45) is 3.66. The molecule has 2 aromatic rings. The number of carbonyl (C=O) groups is 1. The Morgan fingerprint density at radius 2 is 1.71 bits per heavy atom. The van der Waals surface area contributed by atoms with Gasteiger partial charge in [0, 0.05) is 13.4 Å². The van der Waals surface area contributed by atoms with Crippen molar-refractivity contribution in [2.24, 2.45) is 5.10 Å². The summed E-state index contributed by atoms with van der Waals surface area (Å²) < 4.78 is 2.69. The van der Waals surface area contributed by atoms with Gasteiger partial charge in [0.1, 0.15) is 0 Å². The van der Waals surface area contributed by atoms with Crippen LogP contribution in [0.1, 0.15) is 37.8 Å². The van der Waals surface area contributed by atoms with Crippen molar-refractivity contribution in [1.82, 2.24) is 5.43 Å². The molecule has 0 fully saturated rings. The molecule has 2 aromatic carbocycles. The minimum atomic E-state index is -0.226. The van der Waals surface area contributed by atoms with Crippen LogP contribution in [0, 0.1) is 0 Å². The molecular weight excluding hydrogens is 550 g/mol. The highest BCUT2D eigenvalue weighted by Crippen LogP contribution is 2.32. The van der Waals surface area contributed by atoms with Crippen molar-refractivity contribution < 1.29 is 4.79 Å². The summed E-state index contributed by atoms with van der Waals surface area (Å²) in [6.45, 7) is 6.41. The number of hydrazone groups is 1. The second kappa shape index (κ2) is 10.9. The number of hydrogen-bond donors (Lipinski definition) is 2. The van der Waals surface area contributed by atoms with Gasteiger partial charge in [0.25, 0.3) is 5.91 Å². The van der Waals surface area contributed by atoms with Crippen LogP contribution >= 0.6 is 47.8 Å². The molecule has 7 heteroatoms. The average Bonchev–Trinajstić information content (AvgIpc) is 2.64. The summed E-state index contributed by atoms with van der Waals surface area (Å²) in [5.41, 5.74) is 6.71. The molecule has 28 heavy (non-hydrogen) atoms. The van der Waals surface area contributed by atoms with Gasteiger partial charge < -0.3 is 5.32 Å². The largest absolute Gasteiger partial charge is 0.375 e. The third-order valence-electron chi connectivity index (χ3n) is 3.90. The van der Waals surface area contributed by atoms with Crippen LogP contribution in [0.5, 0.6) is 0 Å². The molecule has 1 amide bonds. The normalized spacial score (nSPS) is 11.9. The molecule has 0 radical (unpaired) electrons. The van der Waals surface area contributed by atoms with Crippen LogP contribution in [0.25, 0.3) is 6.08 Å². The first-order valence-electron chi connectivity index (χ1n) is 8.75. The van der Waals surface area contributed by atoms with Crippen molar-refractivity contribution in [3.8, 4) is 0 Å². The number of rotatable bonds is 7. The molecule has 0 aliphatic heterocycles. The van der Waals surface area contributed by atoms with E-state index in [0.29, 0.717) is 5.92 Å². The summed E-state index contributed by atoms with van der Waals surface area (Å²) in [5.74, 6) is 0.292. The minimum absolute atomic E-state index is 0.115. The summed E-state index contributed by atoms with van der Waals surface area (Å²) >= 11 is 10.3. The molecule has 0 spiro atoms. The van der Waals surface area contributed by atoms with Gasteiger partial charge in [0.2, 0.25) is 0 Å². The Labute approximate surface area is 191 Å². The summed E-state index contributed by atoms with van der Waals surface area (Å²) in [6, 6.07) is 12.2. The second-order valence-corrected chi connectivity index (χ2v) is 9.17. The lowest BCUT2D eigenvalue weighted by Gasteiger charge is -2.09.